The SMILES string of the molecule is CN1CCN(c2nc(N(C)Cc3nc4c(F)c(Cl)ccc4[nH]3)n3ncc(Br)c3n2)CC1. The van der Waals surface area contributed by atoms with E-state index in [1.54, 1.807) is 16.8 Å². The van der Waals surface area contributed by atoms with Crippen LogP contribution in [0.1, 0.15) is 5.82 Å². The standard InChI is InChI=1S/C19H20BrClFN9/c1-28-5-7-30(8-6-28)18-26-17-11(20)9-23-31(17)19(27-18)29(2)10-14-24-13-4-3-12(21)15(22)16(13)25-14/h3-4,9H,5-8,10H2,1-2H3,(H,24,25). The zero-order valence-corrected chi connectivity index (χ0v) is 19.3. The molecule has 4 aromatic rings. The Morgan fingerprint density at radius 3 is 2.74 bits per heavy atom. The first kappa shape index (κ1) is 20.4. The maximum Gasteiger partial charge on any atom is 0.232 e. The number of anilines is 2. The summed E-state index contributed by atoms with van der Waals surface area (Å²) in [5.74, 6) is 1.34. The van der Waals surface area contributed by atoms with Crippen molar-refractivity contribution in [3.8, 4) is 0 Å². The fourth-order valence-electron chi connectivity index (χ4n) is 3.66. The molecule has 31 heavy (non-hydrogen) atoms. The van der Waals surface area contributed by atoms with Crippen LogP contribution in [0.15, 0.2) is 22.8 Å². The van der Waals surface area contributed by atoms with Gasteiger partial charge in [0, 0.05) is 33.2 Å². The van der Waals surface area contributed by atoms with E-state index < -0.39 is 5.82 Å². The van der Waals surface area contributed by atoms with Crippen LogP contribution < -0.4 is 9.80 Å². The van der Waals surface area contributed by atoms with Crippen LogP contribution in [0.3, 0.4) is 0 Å². The highest BCUT2D eigenvalue weighted by molar-refractivity contribution is 9.10. The molecule has 162 valence electrons. The zero-order valence-electron chi connectivity index (χ0n) is 17.0. The molecule has 0 amide bonds. The van der Waals surface area contributed by atoms with E-state index in [2.05, 4.69) is 47.8 Å². The second-order valence-electron chi connectivity index (χ2n) is 7.64. The molecule has 3 aromatic heterocycles. The van der Waals surface area contributed by atoms with Gasteiger partial charge in [-0.05, 0) is 35.1 Å². The number of fused-ring (bicyclic) bond motifs is 2. The molecule has 4 heterocycles. The summed E-state index contributed by atoms with van der Waals surface area (Å²) < 4.78 is 16.8. The Kier molecular flexibility index (Phi) is 5.19. The van der Waals surface area contributed by atoms with Crippen molar-refractivity contribution in [2.24, 2.45) is 0 Å². The monoisotopic (exact) mass is 507 g/mol. The summed E-state index contributed by atoms with van der Waals surface area (Å²) in [5.41, 5.74) is 1.51. The summed E-state index contributed by atoms with van der Waals surface area (Å²) in [4.78, 5) is 23.4. The molecule has 0 atom stereocenters. The zero-order chi connectivity index (χ0) is 21.7. The van der Waals surface area contributed by atoms with Gasteiger partial charge in [0.25, 0.3) is 0 Å². The van der Waals surface area contributed by atoms with Gasteiger partial charge in [-0.1, -0.05) is 11.6 Å². The molecule has 1 fully saturated rings. The number of piperazine rings is 1. The van der Waals surface area contributed by atoms with E-state index in [1.165, 1.54) is 6.07 Å². The van der Waals surface area contributed by atoms with Crippen molar-refractivity contribution in [1.82, 2.24) is 34.4 Å². The van der Waals surface area contributed by atoms with Crippen molar-refractivity contribution in [2.75, 3.05) is 50.1 Å². The van der Waals surface area contributed by atoms with Crippen molar-refractivity contribution in [3.05, 3.63) is 39.5 Å². The number of aromatic nitrogens is 6. The van der Waals surface area contributed by atoms with Gasteiger partial charge in [-0.3, -0.25) is 0 Å². The summed E-state index contributed by atoms with van der Waals surface area (Å²) >= 11 is 9.42. The largest absolute Gasteiger partial charge is 0.340 e. The Morgan fingerprint density at radius 1 is 1.19 bits per heavy atom. The fraction of sp³-hybridized carbons (Fsp3) is 0.368. The van der Waals surface area contributed by atoms with Gasteiger partial charge in [0.2, 0.25) is 11.9 Å². The summed E-state index contributed by atoms with van der Waals surface area (Å²) in [7, 11) is 4.00. The first-order chi connectivity index (χ1) is 14.9. The molecule has 0 aliphatic carbocycles. The van der Waals surface area contributed by atoms with Crippen LogP contribution in [0.25, 0.3) is 16.7 Å². The number of H-pyrrole nitrogens is 1. The van der Waals surface area contributed by atoms with Crippen molar-refractivity contribution in [3.63, 3.8) is 0 Å². The molecule has 0 saturated carbocycles. The minimum Gasteiger partial charge on any atom is -0.340 e. The van der Waals surface area contributed by atoms with Gasteiger partial charge < -0.3 is 19.7 Å². The molecule has 9 nitrogen and oxygen atoms in total. The number of likely N-dealkylation sites (N-methyl/N-ethyl adjacent to an activating group) is 1. The van der Waals surface area contributed by atoms with E-state index in [1.807, 2.05) is 11.9 Å². The van der Waals surface area contributed by atoms with Crippen molar-refractivity contribution in [2.45, 2.75) is 6.54 Å². The van der Waals surface area contributed by atoms with Crippen LogP contribution in [-0.4, -0.2) is 74.7 Å². The number of imidazole rings is 1. The van der Waals surface area contributed by atoms with Crippen LogP contribution in [-0.2, 0) is 6.54 Å². The van der Waals surface area contributed by atoms with E-state index in [-0.39, 0.29) is 10.5 Å². The predicted octanol–water partition coefficient (Wildman–Crippen LogP) is 2.94. The summed E-state index contributed by atoms with van der Waals surface area (Å²) in [6.45, 7) is 3.98. The molecular weight excluding hydrogens is 489 g/mol. The number of halogens is 3. The second kappa shape index (κ2) is 7.88. The third-order valence-corrected chi connectivity index (χ3v) is 6.26. The molecule has 0 unspecified atom stereocenters. The number of nitrogens with one attached hydrogen (secondary N) is 1. The molecule has 0 spiro atoms. The average molecular weight is 509 g/mol. The maximum absolute atomic E-state index is 14.3. The van der Waals surface area contributed by atoms with Crippen molar-refractivity contribution < 1.29 is 4.39 Å². The number of benzene rings is 1. The molecule has 1 aliphatic heterocycles. The normalized spacial score (nSPS) is 15.3. The fourth-order valence-corrected chi connectivity index (χ4v) is 4.16. The summed E-state index contributed by atoms with van der Waals surface area (Å²) in [5, 5.41) is 4.47. The quantitative estimate of drug-likeness (QED) is 0.454. The minimum atomic E-state index is -0.526. The van der Waals surface area contributed by atoms with Crippen LogP contribution in [0.5, 0.6) is 0 Å². The molecule has 0 radical (unpaired) electrons. The molecular formula is C19H20BrClFN9. The van der Waals surface area contributed by atoms with Gasteiger partial charge in [-0.15, -0.1) is 0 Å². The van der Waals surface area contributed by atoms with Crippen molar-refractivity contribution in [1.29, 1.82) is 0 Å². The highest BCUT2D eigenvalue weighted by Crippen LogP contribution is 2.26. The third kappa shape index (κ3) is 3.70. The lowest BCUT2D eigenvalue weighted by molar-refractivity contribution is 0.311. The van der Waals surface area contributed by atoms with E-state index in [0.29, 0.717) is 35.4 Å². The van der Waals surface area contributed by atoms with Crippen LogP contribution in [0.4, 0.5) is 16.3 Å². The first-order valence-corrected chi connectivity index (χ1v) is 11.0. The number of hydrogen-bond acceptors (Lipinski definition) is 7. The lowest BCUT2D eigenvalue weighted by Crippen LogP contribution is -2.45. The Balaban J connectivity index is 1.50. The lowest BCUT2D eigenvalue weighted by Gasteiger charge is -2.32. The Hall–Kier alpha value is -2.50. The number of aromatic amines is 1. The van der Waals surface area contributed by atoms with Gasteiger partial charge in [-0.2, -0.15) is 19.6 Å². The van der Waals surface area contributed by atoms with Gasteiger partial charge >= 0.3 is 0 Å². The van der Waals surface area contributed by atoms with E-state index in [9.17, 15) is 4.39 Å². The first-order valence-electron chi connectivity index (χ1n) is 9.79. The molecule has 1 aromatic carbocycles. The van der Waals surface area contributed by atoms with Gasteiger partial charge in [0.1, 0.15) is 11.3 Å². The minimum absolute atomic E-state index is 0.0506. The summed E-state index contributed by atoms with van der Waals surface area (Å²) in [6, 6.07) is 3.23. The topological polar surface area (TPSA) is 81.5 Å². The molecule has 12 heteroatoms. The van der Waals surface area contributed by atoms with E-state index >= 15 is 0 Å². The highest BCUT2D eigenvalue weighted by atomic mass is 79.9. The van der Waals surface area contributed by atoms with Gasteiger partial charge in [0.15, 0.2) is 11.5 Å². The molecule has 1 N–H and O–H groups in total. The molecule has 1 aliphatic rings. The Morgan fingerprint density at radius 2 is 1.97 bits per heavy atom. The molecule has 1 saturated heterocycles. The van der Waals surface area contributed by atoms with Crippen molar-refractivity contribution >= 4 is 56.1 Å². The Labute approximate surface area is 191 Å². The molecule has 0 bridgehead atoms. The number of nitrogens with zero attached hydrogens (tertiary/aromatic N) is 8. The van der Waals surface area contributed by atoms with Crippen LogP contribution >= 0.6 is 27.5 Å². The van der Waals surface area contributed by atoms with E-state index in [0.717, 1.165) is 30.7 Å². The highest BCUT2D eigenvalue weighted by Gasteiger charge is 2.22. The van der Waals surface area contributed by atoms with Gasteiger partial charge in [0.05, 0.1) is 27.8 Å². The second-order valence-corrected chi connectivity index (χ2v) is 8.90. The molecule has 5 rings (SSSR count). The van der Waals surface area contributed by atoms with E-state index in [4.69, 9.17) is 21.6 Å². The smallest absolute Gasteiger partial charge is 0.232 e. The van der Waals surface area contributed by atoms with Crippen LogP contribution in [0, 0.1) is 5.82 Å². The summed E-state index contributed by atoms with van der Waals surface area (Å²) in [6.07, 6.45) is 1.70. The Bertz CT molecular complexity index is 1260. The van der Waals surface area contributed by atoms with Crippen LogP contribution in [0.2, 0.25) is 5.02 Å². The third-order valence-electron chi connectivity index (χ3n) is 5.41. The maximum atomic E-state index is 14.3. The lowest BCUT2D eigenvalue weighted by atomic mass is 10.3. The number of rotatable bonds is 4. The number of hydrogen-bond donors (Lipinski definition) is 1. The predicted molar refractivity (Wildman–Crippen MR) is 121 cm³/mol. The average Bonchev–Trinajstić information content (AvgIpc) is 3.34. The van der Waals surface area contributed by atoms with Gasteiger partial charge in [-0.25, -0.2) is 9.37 Å².